The van der Waals surface area contributed by atoms with Crippen molar-refractivity contribution in [2.45, 2.75) is 41.5 Å². The van der Waals surface area contributed by atoms with Gasteiger partial charge in [0, 0.05) is 0 Å². The Kier molecular flexibility index (Phi) is 16.8. The van der Waals surface area contributed by atoms with Crippen LogP contribution in [-0.4, -0.2) is 6.88 Å². The van der Waals surface area contributed by atoms with Gasteiger partial charge in [-0.1, -0.05) is 95.8 Å². The standard InChI is InChI=1S/2C18H17.2CH3.2ClH.Si.Zr/c2*1-12-7-13(2)10-16(9-12)17-6-4-5-15-8-14(3)11-18(15)17;;;;;;/h2*4-11H,1-3H3;2*1H3;2*1H;;/q4*-1;;;;. The summed E-state index contributed by atoms with van der Waals surface area (Å²) >= 11 is 1.36. The fraction of sp³-hybridized carbons (Fsp3) is 0.158. The molecule has 0 spiro atoms. The van der Waals surface area contributed by atoms with Crippen LogP contribution in [0.4, 0.5) is 0 Å². The van der Waals surface area contributed by atoms with E-state index in [1.54, 1.807) is 0 Å². The third-order valence-corrected chi connectivity index (χ3v) is 6.86. The maximum absolute atomic E-state index is 3.06. The molecule has 6 aromatic carbocycles. The third kappa shape index (κ3) is 9.39. The van der Waals surface area contributed by atoms with E-state index >= 15 is 0 Å². The molecule has 0 N–H and O–H groups in total. The molecule has 0 amide bonds. The van der Waals surface area contributed by atoms with Gasteiger partial charge in [-0.05, 0) is 38.8 Å². The summed E-state index contributed by atoms with van der Waals surface area (Å²) in [6.45, 7) is 16.0. The van der Waals surface area contributed by atoms with Crippen molar-refractivity contribution in [3.63, 3.8) is 0 Å². The summed E-state index contributed by atoms with van der Waals surface area (Å²) in [5.41, 5.74) is 13.3. The van der Waals surface area contributed by atoms with Crippen LogP contribution in [0.1, 0.15) is 33.4 Å². The van der Waals surface area contributed by atoms with Gasteiger partial charge in [-0.25, -0.2) is 0 Å². The van der Waals surface area contributed by atoms with Crippen LogP contribution in [0.2, 0.25) is 0 Å². The van der Waals surface area contributed by atoms with Gasteiger partial charge in [-0.2, -0.15) is 12.1 Å². The molecule has 0 nitrogen and oxygen atoms in total. The van der Waals surface area contributed by atoms with E-state index in [-0.39, 0.29) is 39.7 Å². The van der Waals surface area contributed by atoms with Gasteiger partial charge in [0.2, 0.25) is 0 Å². The van der Waals surface area contributed by atoms with Crippen molar-refractivity contribution in [2.24, 2.45) is 0 Å². The van der Waals surface area contributed by atoms with E-state index in [1.165, 1.54) is 101 Å². The normalized spacial score (nSPS) is 9.55. The summed E-state index contributed by atoms with van der Waals surface area (Å²) in [5, 5.41) is 5.40. The first-order valence-electron chi connectivity index (χ1n) is 13.0. The number of hydrogen-bond acceptors (Lipinski definition) is 0. The second-order valence-electron chi connectivity index (χ2n) is 10.4. The summed E-state index contributed by atoms with van der Waals surface area (Å²) in [7, 11) is 0. The molecule has 0 saturated carbocycles. The molecule has 4 heteroatoms. The molecule has 6 aromatic rings. The predicted molar refractivity (Wildman–Crippen MR) is 191 cm³/mol. The molecule has 0 fully saturated rings. The van der Waals surface area contributed by atoms with E-state index in [1.807, 2.05) is 0 Å². The van der Waals surface area contributed by atoms with Crippen molar-refractivity contribution < 1.29 is 23.3 Å². The van der Waals surface area contributed by atoms with E-state index < -0.39 is 0 Å². The summed E-state index contributed by atoms with van der Waals surface area (Å²) in [5.74, 6) is 0. The minimum atomic E-state index is 0. The van der Waals surface area contributed by atoms with Gasteiger partial charge in [0.05, 0.1) is 0 Å². The Morgan fingerprint density at radius 3 is 1.10 bits per heavy atom. The van der Waals surface area contributed by atoms with E-state index in [0.717, 1.165) is 0 Å². The van der Waals surface area contributed by atoms with Crippen LogP contribution in [0, 0.1) is 56.4 Å². The molecular weight excluding hydrogens is 647 g/mol. The van der Waals surface area contributed by atoms with Crippen molar-refractivity contribution in [1.29, 1.82) is 0 Å². The van der Waals surface area contributed by atoms with Gasteiger partial charge in [0.15, 0.2) is 0 Å². The number of halogens is 2. The topological polar surface area (TPSA) is 0 Å². The number of aryl methyl sites for hydroxylation is 6. The average molecular weight is 689 g/mol. The Balaban J connectivity index is 0.000000694. The molecule has 0 bridgehead atoms. The molecule has 0 aliphatic heterocycles. The molecule has 0 aliphatic carbocycles. The summed E-state index contributed by atoms with van der Waals surface area (Å²) in [6, 6.07) is 35.7. The van der Waals surface area contributed by atoms with Crippen LogP contribution >= 0.6 is 24.8 Å². The van der Waals surface area contributed by atoms with E-state index in [2.05, 4.69) is 145 Å². The minimum absolute atomic E-state index is 0. The Hall–Kier alpha value is -2.22. The predicted octanol–water partition coefficient (Wildman–Crippen LogP) is 11.7. The number of rotatable bonds is 2. The zero-order valence-corrected chi connectivity index (χ0v) is 31.1. The monoisotopic (exact) mass is 686 g/mol. The zero-order chi connectivity index (χ0) is 27.4. The van der Waals surface area contributed by atoms with Crippen LogP contribution in [0.3, 0.4) is 0 Å². The number of hydrogen-bond donors (Lipinski definition) is 0. The molecule has 0 unspecified atom stereocenters. The Morgan fingerprint density at radius 1 is 0.476 bits per heavy atom. The quantitative estimate of drug-likeness (QED) is 0.125. The maximum atomic E-state index is 3.06. The van der Waals surface area contributed by atoms with Crippen molar-refractivity contribution in [2.75, 3.05) is 0 Å². The fourth-order valence-electron chi connectivity index (χ4n) is 5.53. The van der Waals surface area contributed by atoms with Crippen LogP contribution in [0.25, 0.3) is 43.8 Å². The molecule has 42 heavy (non-hydrogen) atoms. The first-order chi connectivity index (χ1) is 18.3. The molecule has 0 aromatic heterocycles. The van der Waals surface area contributed by atoms with Gasteiger partial charge in [-0.15, -0.1) is 93.9 Å². The molecule has 6 rings (SSSR count). The van der Waals surface area contributed by atoms with E-state index in [4.69, 9.17) is 0 Å². The first kappa shape index (κ1) is 39.8. The molecule has 0 atom stereocenters. The Bertz CT molecular complexity index is 1560. The van der Waals surface area contributed by atoms with Crippen LogP contribution < -0.4 is 0 Å². The van der Waals surface area contributed by atoms with Crippen molar-refractivity contribution >= 4 is 53.2 Å². The molecular formula is C38H42Cl2SiZr-4. The van der Waals surface area contributed by atoms with Crippen LogP contribution in [-0.2, 0) is 23.3 Å². The van der Waals surface area contributed by atoms with Gasteiger partial charge < -0.3 is 14.9 Å². The molecule has 0 saturated heterocycles. The Labute approximate surface area is 283 Å². The summed E-state index contributed by atoms with van der Waals surface area (Å²) in [4.78, 5) is 0. The molecule has 2 radical (unpaired) electrons. The van der Waals surface area contributed by atoms with E-state index in [9.17, 15) is 0 Å². The SMILES string of the molecule is Cc1cc(C)cc(-c2cccc3[cH-]c(C)cc23)c1.Cc1cc(C)cc(-c2cccc3[cH-]c(C)cc23)c1.Cl.Cl.[CH3-].[CH3-].[Si]=[Zr]. The van der Waals surface area contributed by atoms with Crippen LogP contribution in [0.15, 0.2) is 97.1 Å². The van der Waals surface area contributed by atoms with Crippen molar-refractivity contribution in [1.82, 2.24) is 0 Å². The third-order valence-electron chi connectivity index (χ3n) is 6.86. The van der Waals surface area contributed by atoms with Gasteiger partial charge >= 0.3 is 30.2 Å². The molecule has 0 heterocycles. The first-order valence-corrected chi connectivity index (χ1v) is 17.2. The Morgan fingerprint density at radius 2 is 0.786 bits per heavy atom. The zero-order valence-electron chi connectivity index (χ0n) is 26.1. The molecule has 220 valence electrons. The fourth-order valence-corrected chi connectivity index (χ4v) is 5.53. The van der Waals surface area contributed by atoms with Gasteiger partial charge in [0.1, 0.15) is 0 Å². The second kappa shape index (κ2) is 17.8. The van der Waals surface area contributed by atoms with Gasteiger partial charge in [-0.3, -0.25) is 0 Å². The van der Waals surface area contributed by atoms with Crippen molar-refractivity contribution in [3.05, 3.63) is 145 Å². The van der Waals surface area contributed by atoms with E-state index in [0.29, 0.717) is 0 Å². The number of fused-ring (bicyclic) bond motifs is 2. The summed E-state index contributed by atoms with van der Waals surface area (Å²) < 4.78 is 0. The van der Waals surface area contributed by atoms with Crippen LogP contribution in [0.5, 0.6) is 0 Å². The van der Waals surface area contributed by atoms with Crippen molar-refractivity contribution in [3.8, 4) is 22.3 Å². The number of benzene rings is 4. The average Bonchev–Trinajstić information content (AvgIpc) is 3.44. The summed E-state index contributed by atoms with van der Waals surface area (Å²) in [6.07, 6.45) is 0. The molecule has 0 aliphatic rings. The second-order valence-corrected chi connectivity index (χ2v) is 10.4. The van der Waals surface area contributed by atoms with Gasteiger partial charge in [0.25, 0.3) is 0 Å².